The van der Waals surface area contributed by atoms with E-state index in [4.69, 9.17) is 14.5 Å². The fourth-order valence-electron chi connectivity index (χ4n) is 5.68. The Kier molecular flexibility index (Phi) is 8.05. The average molecular weight is 492 g/mol. The molecule has 0 aromatic heterocycles. The molecule has 0 aromatic carbocycles. The van der Waals surface area contributed by atoms with Crippen molar-refractivity contribution in [3.63, 3.8) is 0 Å². The summed E-state index contributed by atoms with van der Waals surface area (Å²) in [5, 5.41) is 7.29. The third-order valence-electron chi connectivity index (χ3n) is 6.93. The van der Waals surface area contributed by atoms with Crippen molar-refractivity contribution >= 4 is 29.9 Å². The zero-order valence-corrected chi connectivity index (χ0v) is 19.1. The molecule has 2 saturated heterocycles. The van der Waals surface area contributed by atoms with E-state index in [9.17, 15) is 0 Å². The van der Waals surface area contributed by atoms with Crippen molar-refractivity contribution in [1.82, 2.24) is 15.5 Å². The summed E-state index contributed by atoms with van der Waals surface area (Å²) in [6, 6.07) is 0.551. The lowest BCUT2D eigenvalue weighted by Gasteiger charge is -2.57. The molecule has 4 fully saturated rings. The Bertz CT molecular complexity index is 492. The van der Waals surface area contributed by atoms with E-state index in [1.807, 2.05) is 0 Å². The lowest BCUT2D eigenvalue weighted by atomic mass is 9.54. The van der Waals surface area contributed by atoms with Crippen LogP contribution in [0.2, 0.25) is 0 Å². The molecule has 156 valence electrons. The van der Waals surface area contributed by atoms with Crippen molar-refractivity contribution in [3.05, 3.63) is 0 Å². The molecule has 1 spiro atoms. The molecule has 4 aliphatic rings. The van der Waals surface area contributed by atoms with E-state index in [1.165, 1.54) is 32.1 Å². The SMILES string of the molecule is CCNC(=NCCCN1CCOCC1)NC1C2CCOC2C12CCCC2.I. The summed E-state index contributed by atoms with van der Waals surface area (Å²) in [5.41, 5.74) is 0.380. The molecule has 4 rings (SSSR count). The van der Waals surface area contributed by atoms with Crippen LogP contribution in [-0.4, -0.2) is 75.5 Å². The Balaban J connectivity index is 0.00000210. The Morgan fingerprint density at radius 2 is 1.96 bits per heavy atom. The molecular weight excluding hydrogens is 455 g/mol. The largest absolute Gasteiger partial charge is 0.379 e. The second-order valence-electron chi connectivity index (χ2n) is 8.37. The van der Waals surface area contributed by atoms with Crippen LogP contribution in [0.25, 0.3) is 0 Å². The van der Waals surface area contributed by atoms with Crippen molar-refractivity contribution in [2.45, 2.75) is 57.6 Å². The molecule has 0 bridgehead atoms. The maximum absolute atomic E-state index is 6.11. The van der Waals surface area contributed by atoms with Gasteiger partial charge in [-0.25, -0.2) is 0 Å². The zero-order valence-electron chi connectivity index (χ0n) is 16.8. The number of ether oxygens (including phenoxy) is 2. The molecule has 2 aliphatic carbocycles. The van der Waals surface area contributed by atoms with Gasteiger partial charge in [0, 0.05) is 56.7 Å². The normalized spacial score (nSPS) is 32.6. The number of nitrogens with zero attached hydrogens (tertiary/aromatic N) is 2. The Morgan fingerprint density at radius 1 is 1.19 bits per heavy atom. The highest BCUT2D eigenvalue weighted by Crippen LogP contribution is 2.60. The van der Waals surface area contributed by atoms with Crippen LogP contribution in [0, 0.1) is 11.3 Å². The van der Waals surface area contributed by atoms with Crippen LogP contribution in [0.1, 0.15) is 45.4 Å². The third-order valence-corrected chi connectivity index (χ3v) is 6.93. The van der Waals surface area contributed by atoms with Crippen molar-refractivity contribution in [1.29, 1.82) is 0 Å². The maximum atomic E-state index is 6.11. The predicted molar refractivity (Wildman–Crippen MR) is 119 cm³/mol. The standard InChI is InChI=1S/C20H36N4O2.HI/c1-2-21-19(22-9-5-10-24-11-14-25-15-12-24)23-17-16-6-13-26-18(16)20(17)7-3-4-8-20;/h16-18H,2-15H2,1H3,(H2,21,22,23);1H. The van der Waals surface area contributed by atoms with Gasteiger partial charge in [-0.1, -0.05) is 12.8 Å². The van der Waals surface area contributed by atoms with Gasteiger partial charge in [0.25, 0.3) is 0 Å². The van der Waals surface area contributed by atoms with Crippen LogP contribution in [0.5, 0.6) is 0 Å². The van der Waals surface area contributed by atoms with E-state index in [2.05, 4.69) is 22.5 Å². The lowest BCUT2D eigenvalue weighted by Crippen LogP contribution is -2.69. The number of halogens is 1. The molecule has 3 unspecified atom stereocenters. The van der Waals surface area contributed by atoms with Gasteiger partial charge in [0.05, 0.1) is 19.3 Å². The minimum absolute atomic E-state index is 0. The van der Waals surface area contributed by atoms with E-state index >= 15 is 0 Å². The summed E-state index contributed by atoms with van der Waals surface area (Å²) in [5.74, 6) is 1.70. The van der Waals surface area contributed by atoms with E-state index in [0.717, 1.165) is 64.9 Å². The number of hydrogen-bond acceptors (Lipinski definition) is 4. The van der Waals surface area contributed by atoms with Gasteiger partial charge in [0.1, 0.15) is 0 Å². The first-order valence-electron chi connectivity index (χ1n) is 10.8. The topological polar surface area (TPSA) is 58.1 Å². The summed E-state index contributed by atoms with van der Waals surface area (Å²) in [6.07, 6.45) is 8.19. The highest BCUT2D eigenvalue weighted by molar-refractivity contribution is 14.0. The summed E-state index contributed by atoms with van der Waals surface area (Å²) in [6.45, 7) is 9.91. The first kappa shape index (κ1) is 21.6. The van der Waals surface area contributed by atoms with E-state index in [0.29, 0.717) is 23.5 Å². The highest BCUT2D eigenvalue weighted by Gasteiger charge is 2.65. The number of morpholine rings is 1. The van der Waals surface area contributed by atoms with Gasteiger partial charge >= 0.3 is 0 Å². The predicted octanol–water partition coefficient (Wildman–Crippen LogP) is 2.23. The number of rotatable bonds is 6. The van der Waals surface area contributed by atoms with Gasteiger partial charge < -0.3 is 20.1 Å². The highest BCUT2D eigenvalue weighted by atomic mass is 127. The first-order chi connectivity index (χ1) is 12.8. The summed E-state index contributed by atoms with van der Waals surface area (Å²) >= 11 is 0. The molecular formula is C20H37IN4O2. The van der Waals surface area contributed by atoms with Gasteiger partial charge in [-0.2, -0.15) is 0 Å². The van der Waals surface area contributed by atoms with Crippen LogP contribution < -0.4 is 10.6 Å². The quantitative estimate of drug-likeness (QED) is 0.258. The summed E-state index contributed by atoms with van der Waals surface area (Å²) in [4.78, 5) is 7.37. The molecule has 2 saturated carbocycles. The van der Waals surface area contributed by atoms with E-state index in [1.54, 1.807) is 0 Å². The second kappa shape index (κ2) is 10.1. The maximum Gasteiger partial charge on any atom is 0.191 e. The van der Waals surface area contributed by atoms with Gasteiger partial charge in [-0.3, -0.25) is 9.89 Å². The van der Waals surface area contributed by atoms with Crippen LogP contribution in [0.15, 0.2) is 4.99 Å². The van der Waals surface area contributed by atoms with Crippen LogP contribution in [0.3, 0.4) is 0 Å². The molecule has 0 aromatic rings. The zero-order chi connectivity index (χ0) is 17.8. The molecule has 6 nitrogen and oxygen atoms in total. The number of fused-ring (bicyclic) bond motifs is 2. The number of guanidine groups is 1. The molecule has 27 heavy (non-hydrogen) atoms. The Morgan fingerprint density at radius 3 is 2.70 bits per heavy atom. The third kappa shape index (κ3) is 4.56. The van der Waals surface area contributed by atoms with Crippen LogP contribution >= 0.6 is 24.0 Å². The number of aliphatic imine (C=N–C) groups is 1. The Hall–Kier alpha value is -0.120. The van der Waals surface area contributed by atoms with Gasteiger partial charge in [-0.05, 0) is 32.6 Å². The minimum atomic E-state index is 0. The molecule has 0 radical (unpaired) electrons. The van der Waals surface area contributed by atoms with Crippen molar-refractivity contribution in [2.24, 2.45) is 16.3 Å². The summed E-state index contributed by atoms with van der Waals surface area (Å²) < 4.78 is 11.5. The minimum Gasteiger partial charge on any atom is -0.379 e. The fraction of sp³-hybridized carbons (Fsp3) is 0.950. The monoisotopic (exact) mass is 492 g/mol. The smallest absolute Gasteiger partial charge is 0.191 e. The molecule has 2 aliphatic heterocycles. The second-order valence-corrected chi connectivity index (χ2v) is 8.37. The van der Waals surface area contributed by atoms with Crippen LogP contribution in [-0.2, 0) is 9.47 Å². The fourth-order valence-corrected chi connectivity index (χ4v) is 5.68. The van der Waals surface area contributed by atoms with Gasteiger partial charge in [0.15, 0.2) is 5.96 Å². The summed E-state index contributed by atoms with van der Waals surface area (Å²) in [7, 11) is 0. The van der Waals surface area contributed by atoms with Crippen molar-refractivity contribution in [2.75, 3.05) is 52.5 Å². The van der Waals surface area contributed by atoms with E-state index in [-0.39, 0.29) is 24.0 Å². The molecule has 0 amide bonds. The van der Waals surface area contributed by atoms with Crippen molar-refractivity contribution < 1.29 is 9.47 Å². The first-order valence-corrected chi connectivity index (χ1v) is 10.8. The van der Waals surface area contributed by atoms with Crippen molar-refractivity contribution in [3.8, 4) is 0 Å². The lowest BCUT2D eigenvalue weighted by molar-refractivity contribution is -0.125. The van der Waals surface area contributed by atoms with Crippen LogP contribution in [0.4, 0.5) is 0 Å². The van der Waals surface area contributed by atoms with E-state index < -0.39 is 0 Å². The van der Waals surface area contributed by atoms with Gasteiger partial charge in [-0.15, -0.1) is 24.0 Å². The van der Waals surface area contributed by atoms with Gasteiger partial charge in [0.2, 0.25) is 0 Å². The molecule has 2 N–H and O–H groups in total. The Labute approximate surface area is 181 Å². The molecule has 7 heteroatoms. The average Bonchev–Trinajstić information content (AvgIpc) is 3.32. The molecule has 2 heterocycles. The number of nitrogens with one attached hydrogen (secondary N) is 2. The molecule has 3 atom stereocenters. The number of hydrogen-bond donors (Lipinski definition) is 2.